The first-order chi connectivity index (χ1) is 9.06. The maximum atomic E-state index is 13.4. The molecular formula is C14H20FNO3. The highest BCUT2D eigenvalue weighted by Crippen LogP contribution is 2.18. The van der Waals surface area contributed by atoms with Crippen LogP contribution in [0.4, 0.5) is 4.39 Å². The highest BCUT2D eigenvalue weighted by Gasteiger charge is 2.08. The maximum absolute atomic E-state index is 13.4. The monoisotopic (exact) mass is 269 g/mol. The minimum Gasteiger partial charge on any atom is -0.494 e. The van der Waals surface area contributed by atoms with E-state index in [9.17, 15) is 9.18 Å². The van der Waals surface area contributed by atoms with Gasteiger partial charge in [-0.05, 0) is 31.0 Å². The van der Waals surface area contributed by atoms with E-state index in [1.807, 2.05) is 6.92 Å². The topological polar surface area (TPSA) is 47.6 Å². The summed E-state index contributed by atoms with van der Waals surface area (Å²) in [4.78, 5) is 11.6. The Hall–Kier alpha value is -1.62. The zero-order valence-electron chi connectivity index (χ0n) is 11.5. The maximum Gasteiger partial charge on any atom is 0.220 e. The third-order valence-corrected chi connectivity index (χ3v) is 2.68. The summed E-state index contributed by atoms with van der Waals surface area (Å²) in [5.74, 6) is -0.268. The molecule has 0 bridgehead atoms. The van der Waals surface area contributed by atoms with E-state index in [-0.39, 0.29) is 17.7 Å². The minimum atomic E-state index is -0.409. The van der Waals surface area contributed by atoms with Gasteiger partial charge in [-0.25, -0.2) is 4.39 Å². The number of nitrogens with one attached hydrogen (secondary N) is 1. The number of halogens is 1. The second-order valence-corrected chi connectivity index (χ2v) is 4.39. The van der Waals surface area contributed by atoms with Crippen molar-refractivity contribution in [1.82, 2.24) is 5.32 Å². The highest BCUT2D eigenvalue weighted by atomic mass is 19.1. The molecule has 0 fully saturated rings. The number of ether oxygens (including phenoxy) is 2. The van der Waals surface area contributed by atoms with Crippen LogP contribution in [0.3, 0.4) is 0 Å². The number of aryl methyl sites for hydroxylation is 1. The van der Waals surface area contributed by atoms with Crippen LogP contribution in [-0.2, 0) is 16.0 Å². The summed E-state index contributed by atoms with van der Waals surface area (Å²) in [6.45, 7) is 2.34. The SMILES string of the molecule is COCC(C)NC(=O)CCc1ccc(OC)c(F)c1. The summed E-state index contributed by atoms with van der Waals surface area (Å²) >= 11 is 0. The zero-order valence-corrected chi connectivity index (χ0v) is 11.5. The van der Waals surface area contributed by atoms with Gasteiger partial charge in [0.2, 0.25) is 5.91 Å². The number of amides is 1. The fourth-order valence-electron chi connectivity index (χ4n) is 1.76. The van der Waals surface area contributed by atoms with Crippen LogP contribution in [0.25, 0.3) is 0 Å². The van der Waals surface area contributed by atoms with Crippen molar-refractivity contribution in [2.45, 2.75) is 25.8 Å². The van der Waals surface area contributed by atoms with Crippen LogP contribution >= 0.6 is 0 Å². The lowest BCUT2D eigenvalue weighted by molar-refractivity contribution is -0.122. The Labute approximate surface area is 112 Å². The van der Waals surface area contributed by atoms with E-state index in [4.69, 9.17) is 9.47 Å². The molecule has 0 saturated carbocycles. The van der Waals surface area contributed by atoms with Crippen molar-refractivity contribution < 1.29 is 18.7 Å². The number of benzene rings is 1. The molecule has 0 heterocycles. The molecular weight excluding hydrogens is 249 g/mol. The molecule has 0 saturated heterocycles. The van der Waals surface area contributed by atoms with E-state index in [0.29, 0.717) is 19.4 Å². The van der Waals surface area contributed by atoms with Crippen LogP contribution in [0, 0.1) is 5.82 Å². The number of carbonyl (C=O) groups excluding carboxylic acids is 1. The molecule has 5 heteroatoms. The Morgan fingerprint density at radius 1 is 1.42 bits per heavy atom. The Morgan fingerprint density at radius 3 is 2.74 bits per heavy atom. The second kappa shape index (κ2) is 7.74. The second-order valence-electron chi connectivity index (χ2n) is 4.39. The summed E-state index contributed by atoms with van der Waals surface area (Å²) in [6, 6.07) is 4.69. The number of hydrogen-bond donors (Lipinski definition) is 1. The van der Waals surface area contributed by atoms with E-state index < -0.39 is 5.82 Å². The molecule has 4 nitrogen and oxygen atoms in total. The van der Waals surface area contributed by atoms with E-state index in [2.05, 4.69) is 5.32 Å². The number of hydrogen-bond acceptors (Lipinski definition) is 3. The van der Waals surface area contributed by atoms with Crippen LogP contribution in [0.5, 0.6) is 5.75 Å². The molecule has 0 aliphatic heterocycles. The van der Waals surface area contributed by atoms with Crippen molar-refractivity contribution in [3.8, 4) is 5.75 Å². The van der Waals surface area contributed by atoms with Crippen LogP contribution < -0.4 is 10.1 Å². The van der Waals surface area contributed by atoms with Gasteiger partial charge in [0.15, 0.2) is 11.6 Å². The van der Waals surface area contributed by atoms with Crippen molar-refractivity contribution in [2.75, 3.05) is 20.8 Å². The normalized spacial score (nSPS) is 12.0. The van der Waals surface area contributed by atoms with Crippen LogP contribution in [-0.4, -0.2) is 32.8 Å². The minimum absolute atomic E-state index is 0.0231. The fraction of sp³-hybridized carbons (Fsp3) is 0.500. The molecule has 106 valence electrons. The van der Waals surface area contributed by atoms with Gasteiger partial charge in [-0.1, -0.05) is 6.07 Å². The van der Waals surface area contributed by atoms with E-state index in [0.717, 1.165) is 5.56 Å². The fourth-order valence-corrected chi connectivity index (χ4v) is 1.76. The Balaban J connectivity index is 2.44. The largest absolute Gasteiger partial charge is 0.494 e. The van der Waals surface area contributed by atoms with E-state index in [1.165, 1.54) is 13.2 Å². The van der Waals surface area contributed by atoms with Gasteiger partial charge < -0.3 is 14.8 Å². The lowest BCUT2D eigenvalue weighted by Gasteiger charge is -2.12. The van der Waals surface area contributed by atoms with Gasteiger partial charge in [0.1, 0.15) is 0 Å². The molecule has 1 rings (SSSR count). The van der Waals surface area contributed by atoms with Crippen molar-refractivity contribution in [3.05, 3.63) is 29.6 Å². The highest BCUT2D eigenvalue weighted by molar-refractivity contribution is 5.76. The molecule has 0 aliphatic rings. The number of methoxy groups -OCH3 is 2. The van der Waals surface area contributed by atoms with Gasteiger partial charge in [0.25, 0.3) is 0 Å². The summed E-state index contributed by atoms with van der Waals surface area (Å²) in [5.41, 5.74) is 0.771. The van der Waals surface area contributed by atoms with Gasteiger partial charge in [-0.15, -0.1) is 0 Å². The summed E-state index contributed by atoms with van der Waals surface area (Å²) in [7, 11) is 3.01. The first-order valence-electron chi connectivity index (χ1n) is 6.17. The van der Waals surface area contributed by atoms with E-state index >= 15 is 0 Å². The van der Waals surface area contributed by atoms with E-state index in [1.54, 1.807) is 19.2 Å². The average molecular weight is 269 g/mol. The molecule has 1 atom stereocenters. The lowest BCUT2D eigenvalue weighted by Crippen LogP contribution is -2.35. The summed E-state index contributed by atoms with van der Waals surface area (Å²) < 4.78 is 23.2. The van der Waals surface area contributed by atoms with Crippen molar-refractivity contribution in [2.24, 2.45) is 0 Å². The molecule has 0 radical (unpaired) electrons. The van der Waals surface area contributed by atoms with Gasteiger partial charge in [0, 0.05) is 19.6 Å². The molecule has 1 N–H and O–H groups in total. The third kappa shape index (κ3) is 5.26. The summed E-state index contributed by atoms with van der Waals surface area (Å²) in [6.07, 6.45) is 0.812. The van der Waals surface area contributed by atoms with Crippen molar-refractivity contribution >= 4 is 5.91 Å². The molecule has 1 amide bonds. The van der Waals surface area contributed by atoms with Crippen LogP contribution in [0.15, 0.2) is 18.2 Å². The third-order valence-electron chi connectivity index (χ3n) is 2.68. The lowest BCUT2D eigenvalue weighted by atomic mass is 10.1. The first-order valence-corrected chi connectivity index (χ1v) is 6.17. The Bertz CT molecular complexity index is 423. The van der Waals surface area contributed by atoms with Gasteiger partial charge in [-0.3, -0.25) is 4.79 Å². The molecule has 19 heavy (non-hydrogen) atoms. The number of carbonyl (C=O) groups is 1. The average Bonchev–Trinajstić information content (AvgIpc) is 2.36. The smallest absolute Gasteiger partial charge is 0.220 e. The molecule has 1 aromatic carbocycles. The molecule has 1 aromatic rings. The zero-order chi connectivity index (χ0) is 14.3. The standard InChI is InChI=1S/C14H20FNO3/c1-10(9-18-2)16-14(17)7-5-11-4-6-13(19-3)12(15)8-11/h4,6,8,10H,5,7,9H2,1-3H3,(H,16,17). The van der Waals surface area contributed by atoms with Gasteiger partial charge in [-0.2, -0.15) is 0 Å². The first kappa shape index (κ1) is 15.4. The van der Waals surface area contributed by atoms with Crippen molar-refractivity contribution in [3.63, 3.8) is 0 Å². The molecule has 0 aliphatic carbocycles. The quantitative estimate of drug-likeness (QED) is 0.822. The van der Waals surface area contributed by atoms with Gasteiger partial charge >= 0.3 is 0 Å². The molecule has 0 aromatic heterocycles. The van der Waals surface area contributed by atoms with Crippen molar-refractivity contribution in [1.29, 1.82) is 0 Å². The van der Waals surface area contributed by atoms with Crippen LogP contribution in [0.2, 0.25) is 0 Å². The molecule has 0 spiro atoms. The summed E-state index contributed by atoms with van der Waals surface area (Å²) in [5, 5.41) is 2.81. The molecule has 1 unspecified atom stereocenters. The Kier molecular flexibility index (Phi) is 6.29. The van der Waals surface area contributed by atoms with Gasteiger partial charge in [0.05, 0.1) is 13.7 Å². The predicted molar refractivity (Wildman–Crippen MR) is 70.8 cm³/mol. The van der Waals surface area contributed by atoms with Crippen LogP contribution in [0.1, 0.15) is 18.9 Å². The number of rotatable bonds is 7. The Morgan fingerprint density at radius 2 is 2.16 bits per heavy atom. The predicted octanol–water partition coefficient (Wildman–Crippen LogP) is 1.92.